The molecule has 0 bridgehead atoms. The van der Waals surface area contributed by atoms with Crippen LogP contribution >= 0.6 is 0 Å². The van der Waals surface area contributed by atoms with Crippen molar-refractivity contribution in [2.75, 3.05) is 26.8 Å². The molecule has 0 saturated heterocycles. The molecule has 2 N–H and O–H groups in total. The van der Waals surface area contributed by atoms with Crippen LogP contribution in [0.2, 0.25) is 0 Å². The van der Waals surface area contributed by atoms with Gasteiger partial charge in [-0.1, -0.05) is 20.8 Å². The fraction of sp³-hybridized carbons (Fsp3) is 1.00. The van der Waals surface area contributed by atoms with E-state index in [1.807, 2.05) is 13.8 Å². The van der Waals surface area contributed by atoms with E-state index in [0.717, 1.165) is 26.0 Å². The first kappa shape index (κ1) is 13.9. The van der Waals surface area contributed by atoms with Crippen molar-refractivity contribution in [1.29, 1.82) is 0 Å². The average Bonchev–Trinajstić information content (AvgIpc) is 2.18. The zero-order valence-corrected chi connectivity index (χ0v) is 9.97. The van der Waals surface area contributed by atoms with Gasteiger partial charge in [0.25, 0.3) is 0 Å². The molecule has 0 rings (SSSR count). The van der Waals surface area contributed by atoms with Crippen LogP contribution in [-0.2, 0) is 4.74 Å². The Bertz CT molecular complexity index is 135. The summed E-state index contributed by atoms with van der Waals surface area (Å²) in [6, 6.07) is 0. The standard InChI is InChI=1S/C11H25NO2/c1-5-11(13,6-2)9-12-7-10(3)8-14-4/h10,12-13H,5-9H2,1-4H3. The molecule has 0 aromatic rings. The summed E-state index contributed by atoms with van der Waals surface area (Å²) in [7, 11) is 1.71. The second-order valence-corrected chi connectivity index (χ2v) is 4.12. The summed E-state index contributed by atoms with van der Waals surface area (Å²) in [5, 5.41) is 13.3. The van der Waals surface area contributed by atoms with Crippen LogP contribution in [0.5, 0.6) is 0 Å². The molecular formula is C11H25NO2. The number of aliphatic hydroxyl groups is 1. The quantitative estimate of drug-likeness (QED) is 0.627. The molecule has 0 radical (unpaired) electrons. The van der Waals surface area contributed by atoms with Crippen LogP contribution in [0.15, 0.2) is 0 Å². The van der Waals surface area contributed by atoms with Gasteiger partial charge < -0.3 is 15.2 Å². The predicted octanol–water partition coefficient (Wildman–Crippen LogP) is 1.41. The van der Waals surface area contributed by atoms with Gasteiger partial charge in [0.15, 0.2) is 0 Å². The number of methoxy groups -OCH3 is 1. The Kier molecular flexibility index (Phi) is 7.15. The Hall–Kier alpha value is -0.120. The van der Waals surface area contributed by atoms with E-state index in [1.165, 1.54) is 0 Å². The Balaban J connectivity index is 3.61. The summed E-state index contributed by atoms with van der Waals surface area (Å²) >= 11 is 0. The Labute approximate surface area is 87.8 Å². The molecule has 0 heterocycles. The summed E-state index contributed by atoms with van der Waals surface area (Å²) in [5.74, 6) is 0.498. The third kappa shape index (κ3) is 5.58. The largest absolute Gasteiger partial charge is 0.389 e. The maximum atomic E-state index is 9.98. The summed E-state index contributed by atoms with van der Waals surface area (Å²) in [6.07, 6.45) is 1.60. The van der Waals surface area contributed by atoms with Crippen LogP contribution in [0.1, 0.15) is 33.6 Å². The van der Waals surface area contributed by atoms with Crippen LogP contribution in [0.3, 0.4) is 0 Å². The minimum absolute atomic E-state index is 0.498. The lowest BCUT2D eigenvalue weighted by atomic mass is 9.97. The number of ether oxygens (including phenoxy) is 1. The molecule has 14 heavy (non-hydrogen) atoms. The van der Waals surface area contributed by atoms with E-state index in [0.29, 0.717) is 12.5 Å². The third-order valence-electron chi connectivity index (χ3n) is 2.71. The van der Waals surface area contributed by atoms with Gasteiger partial charge in [-0.2, -0.15) is 0 Å². The fourth-order valence-corrected chi connectivity index (χ4v) is 1.39. The molecule has 1 atom stereocenters. The second-order valence-electron chi connectivity index (χ2n) is 4.12. The van der Waals surface area contributed by atoms with Crippen LogP contribution in [0, 0.1) is 5.92 Å². The molecule has 0 amide bonds. The summed E-state index contributed by atoms with van der Waals surface area (Å²) < 4.78 is 5.04. The van der Waals surface area contributed by atoms with Crippen molar-refractivity contribution in [3.8, 4) is 0 Å². The lowest BCUT2D eigenvalue weighted by Gasteiger charge is -2.26. The molecule has 0 fully saturated rings. The maximum absolute atomic E-state index is 9.98. The van der Waals surface area contributed by atoms with Gasteiger partial charge in [-0.15, -0.1) is 0 Å². The van der Waals surface area contributed by atoms with Crippen LogP contribution in [0.4, 0.5) is 0 Å². The molecular weight excluding hydrogens is 178 g/mol. The molecule has 0 saturated carbocycles. The zero-order valence-electron chi connectivity index (χ0n) is 9.97. The van der Waals surface area contributed by atoms with Crippen molar-refractivity contribution >= 4 is 0 Å². The molecule has 0 aromatic heterocycles. The Morgan fingerprint density at radius 3 is 2.36 bits per heavy atom. The van der Waals surface area contributed by atoms with Crippen molar-refractivity contribution in [3.63, 3.8) is 0 Å². The van der Waals surface area contributed by atoms with Crippen molar-refractivity contribution in [1.82, 2.24) is 5.32 Å². The van der Waals surface area contributed by atoms with Gasteiger partial charge in [0.05, 0.1) is 5.60 Å². The lowest BCUT2D eigenvalue weighted by molar-refractivity contribution is 0.0309. The smallest absolute Gasteiger partial charge is 0.0766 e. The minimum atomic E-state index is -0.535. The second kappa shape index (κ2) is 7.21. The van der Waals surface area contributed by atoms with Gasteiger partial charge in [0.1, 0.15) is 0 Å². The number of rotatable bonds is 8. The number of nitrogens with one attached hydrogen (secondary N) is 1. The molecule has 3 nitrogen and oxygen atoms in total. The van der Waals surface area contributed by atoms with E-state index in [-0.39, 0.29) is 0 Å². The minimum Gasteiger partial charge on any atom is -0.389 e. The van der Waals surface area contributed by atoms with Crippen molar-refractivity contribution in [2.24, 2.45) is 5.92 Å². The van der Waals surface area contributed by atoms with Gasteiger partial charge in [-0.25, -0.2) is 0 Å². The lowest BCUT2D eigenvalue weighted by Crippen LogP contribution is -2.41. The van der Waals surface area contributed by atoms with Gasteiger partial charge >= 0.3 is 0 Å². The zero-order chi connectivity index (χ0) is 11.0. The van der Waals surface area contributed by atoms with E-state index in [1.54, 1.807) is 7.11 Å². The van der Waals surface area contributed by atoms with Crippen molar-refractivity contribution in [3.05, 3.63) is 0 Å². The molecule has 86 valence electrons. The van der Waals surface area contributed by atoms with E-state index < -0.39 is 5.60 Å². The summed E-state index contributed by atoms with van der Waals surface area (Å²) in [6.45, 7) is 8.51. The molecule has 0 spiro atoms. The highest BCUT2D eigenvalue weighted by Gasteiger charge is 2.21. The molecule has 1 unspecified atom stereocenters. The molecule has 0 aliphatic heterocycles. The Morgan fingerprint density at radius 2 is 1.93 bits per heavy atom. The topological polar surface area (TPSA) is 41.5 Å². The van der Waals surface area contributed by atoms with Crippen molar-refractivity contribution in [2.45, 2.75) is 39.2 Å². The van der Waals surface area contributed by atoms with Gasteiger partial charge in [0.2, 0.25) is 0 Å². The van der Waals surface area contributed by atoms with Gasteiger partial charge in [0, 0.05) is 26.8 Å². The highest BCUT2D eigenvalue weighted by atomic mass is 16.5. The average molecular weight is 203 g/mol. The first-order chi connectivity index (χ1) is 6.58. The maximum Gasteiger partial charge on any atom is 0.0766 e. The number of hydrogen-bond donors (Lipinski definition) is 2. The SMILES string of the molecule is CCC(O)(CC)CNCC(C)COC. The Morgan fingerprint density at radius 1 is 1.36 bits per heavy atom. The van der Waals surface area contributed by atoms with Gasteiger partial charge in [-0.05, 0) is 18.8 Å². The van der Waals surface area contributed by atoms with E-state index in [2.05, 4.69) is 12.2 Å². The molecule has 0 aromatic carbocycles. The monoisotopic (exact) mass is 203 g/mol. The van der Waals surface area contributed by atoms with E-state index >= 15 is 0 Å². The van der Waals surface area contributed by atoms with E-state index in [9.17, 15) is 5.11 Å². The molecule has 3 heteroatoms. The first-order valence-corrected chi connectivity index (χ1v) is 5.50. The predicted molar refractivity (Wildman–Crippen MR) is 59.4 cm³/mol. The number of hydrogen-bond acceptors (Lipinski definition) is 3. The van der Waals surface area contributed by atoms with Crippen molar-refractivity contribution < 1.29 is 9.84 Å². The highest BCUT2D eigenvalue weighted by Crippen LogP contribution is 2.12. The normalized spacial score (nSPS) is 14.4. The van der Waals surface area contributed by atoms with Gasteiger partial charge in [-0.3, -0.25) is 0 Å². The van der Waals surface area contributed by atoms with Crippen LogP contribution in [0.25, 0.3) is 0 Å². The summed E-state index contributed by atoms with van der Waals surface area (Å²) in [4.78, 5) is 0. The van der Waals surface area contributed by atoms with Crippen LogP contribution in [-0.4, -0.2) is 37.5 Å². The summed E-state index contributed by atoms with van der Waals surface area (Å²) in [5.41, 5.74) is -0.535. The molecule has 0 aliphatic rings. The first-order valence-electron chi connectivity index (χ1n) is 5.50. The highest BCUT2D eigenvalue weighted by molar-refractivity contribution is 4.77. The molecule has 0 aliphatic carbocycles. The fourth-order valence-electron chi connectivity index (χ4n) is 1.39. The third-order valence-corrected chi connectivity index (χ3v) is 2.71. The van der Waals surface area contributed by atoms with E-state index in [4.69, 9.17) is 4.74 Å². The van der Waals surface area contributed by atoms with Crippen LogP contribution < -0.4 is 5.32 Å².